The maximum absolute atomic E-state index is 10.7. The molecule has 0 heterocycles. The third-order valence-electron chi connectivity index (χ3n) is 4.44. The molecule has 28 heavy (non-hydrogen) atoms. The van der Waals surface area contributed by atoms with Gasteiger partial charge < -0.3 is 9.84 Å². The van der Waals surface area contributed by atoms with Crippen molar-refractivity contribution in [3.8, 4) is 16.9 Å². The molecule has 1 N–H and O–H groups in total. The van der Waals surface area contributed by atoms with E-state index in [1.165, 1.54) is 11.1 Å². The van der Waals surface area contributed by atoms with Gasteiger partial charge in [-0.05, 0) is 65.1 Å². The highest BCUT2D eigenvalue weighted by Gasteiger charge is 2.02. The first-order valence-electron chi connectivity index (χ1n) is 8.98. The molecule has 0 atom stereocenters. The predicted molar refractivity (Wildman–Crippen MR) is 117 cm³/mol. The summed E-state index contributed by atoms with van der Waals surface area (Å²) >= 11 is 3.46. The number of allylic oxidation sites excluding steroid dienone is 1. The number of ether oxygens (including phenoxy) is 1. The molecule has 0 aromatic heterocycles. The zero-order valence-corrected chi connectivity index (χ0v) is 17.1. The fraction of sp³-hybridized carbons (Fsp3) is 0.125. The Kier molecular flexibility index (Phi) is 6.66. The minimum Gasteiger partial charge on any atom is -0.490 e. The molecule has 0 saturated carbocycles. The van der Waals surface area contributed by atoms with E-state index in [1.54, 1.807) is 24.3 Å². The number of carboxylic acid groups (broad SMARTS) is 1. The van der Waals surface area contributed by atoms with Crippen molar-refractivity contribution in [1.29, 1.82) is 0 Å². The first-order chi connectivity index (χ1) is 13.5. The topological polar surface area (TPSA) is 46.5 Å². The Morgan fingerprint density at radius 1 is 0.929 bits per heavy atom. The van der Waals surface area contributed by atoms with Crippen molar-refractivity contribution in [2.45, 2.75) is 13.3 Å². The zero-order valence-electron chi connectivity index (χ0n) is 15.6. The van der Waals surface area contributed by atoms with Gasteiger partial charge in [-0.2, -0.15) is 0 Å². The van der Waals surface area contributed by atoms with Crippen LogP contribution in [0.3, 0.4) is 0 Å². The number of hydrogen-bond acceptors (Lipinski definition) is 2. The van der Waals surface area contributed by atoms with Crippen molar-refractivity contribution in [2.75, 3.05) is 6.61 Å². The number of carbonyl (C=O) groups is 1. The maximum Gasteiger partial charge on any atom is 0.307 e. The summed E-state index contributed by atoms with van der Waals surface area (Å²) in [4.78, 5) is 10.7. The molecule has 142 valence electrons. The molecule has 3 aromatic carbocycles. The fourth-order valence-electron chi connectivity index (χ4n) is 2.83. The molecule has 0 fully saturated rings. The van der Waals surface area contributed by atoms with E-state index in [1.807, 2.05) is 18.2 Å². The SMILES string of the molecule is C/C(=C\COc1ccc(CC(=O)O)cc1)c1ccc(-c2ccc(Br)cc2)cc1. The fourth-order valence-corrected chi connectivity index (χ4v) is 3.09. The van der Waals surface area contributed by atoms with E-state index in [9.17, 15) is 4.79 Å². The number of rotatable bonds is 7. The Morgan fingerprint density at radius 3 is 2.07 bits per heavy atom. The van der Waals surface area contributed by atoms with Crippen LogP contribution in [0.1, 0.15) is 18.1 Å². The predicted octanol–water partition coefficient (Wildman–Crippen LogP) is 6.23. The van der Waals surface area contributed by atoms with Gasteiger partial charge in [0.15, 0.2) is 0 Å². The Balaban J connectivity index is 1.59. The highest BCUT2D eigenvalue weighted by atomic mass is 79.9. The van der Waals surface area contributed by atoms with E-state index in [-0.39, 0.29) is 6.42 Å². The standard InChI is InChI=1S/C24H21BrO3/c1-17(14-15-28-23-12-2-18(3-13-23)16-24(26)27)19-4-6-20(7-5-19)21-8-10-22(25)11-9-21/h2-14H,15-16H2,1H3,(H,26,27)/b17-14+. The second kappa shape index (κ2) is 9.38. The Labute approximate surface area is 173 Å². The van der Waals surface area contributed by atoms with Gasteiger partial charge in [0, 0.05) is 4.47 Å². The molecule has 3 aromatic rings. The summed E-state index contributed by atoms with van der Waals surface area (Å²) in [5.41, 5.74) is 5.43. The van der Waals surface area contributed by atoms with Gasteiger partial charge in [-0.3, -0.25) is 4.79 Å². The summed E-state index contributed by atoms with van der Waals surface area (Å²) in [7, 11) is 0. The van der Waals surface area contributed by atoms with Crippen LogP contribution in [0.4, 0.5) is 0 Å². The molecule has 4 heteroatoms. The molecule has 0 aliphatic heterocycles. The lowest BCUT2D eigenvalue weighted by atomic mass is 10.0. The van der Waals surface area contributed by atoms with Crippen LogP contribution in [-0.4, -0.2) is 17.7 Å². The van der Waals surface area contributed by atoms with Crippen LogP contribution in [0.25, 0.3) is 16.7 Å². The van der Waals surface area contributed by atoms with Crippen LogP contribution in [-0.2, 0) is 11.2 Å². The van der Waals surface area contributed by atoms with E-state index in [0.717, 1.165) is 26.9 Å². The first kappa shape index (κ1) is 19.9. The lowest BCUT2D eigenvalue weighted by Crippen LogP contribution is -2.00. The van der Waals surface area contributed by atoms with Gasteiger partial charge in [0.25, 0.3) is 0 Å². The van der Waals surface area contributed by atoms with Crippen molar-refractivity contribution < 1.29 is 14.6 Å². The molecule has 3 nitrogen and oxygen atoms in total. The van der Waals surface area contributed by atoms with Crippen molar-refractivity contribution in [2.24, 2.45) is 0 Å². The molecule has 0 radical (unpaired) electrons. The maximum atomic E-state index is 10.7. The molecule has 0 aliphatic carbocycles. The average Bonchev–Trinajstić information content (AvgIpc) is 2.69. The number of hydrogen-bond donors (Lipinski definition) is 1. The average molecular weight is 437 g/mol. The second-order valence-corrected chi connectivity index (χ2v) is 7.41. The first-order valence-corrected chi connectivity index (χ1v) is 9.77. The van der Waals surface area contributed by atoms with Crippen LogP contribution < -0.4 is 4.74 Å². The zero-order chi connectivity index (χ0) is 19.9. The van der Waals surface area contributed by atoms with E-state index >= 15 is 0 Å². The van der Waals surface area contributed by atoms with Crippen LogP contribution >= 0.6 is 15.9 Å². The second-order valence-electron chi connectivity index (χ2n) is 6.50. The van der Waals surface area contributed by atoms with Gasteiger partial charge in [-0.25, -0.2) is 0 Å². The van der Waals surface area contributed by atoms with Crippen molar-refractivity contribution in [1.82, 2.24) is 0 Å². The van der Waals surface area contributed by atoms with E-state index in [0.29, 0.717) is 6.61 Å². The third kappa shape index (κ3) is 5.57. The molecular formula is C24H21BrO3. The Morgan fingerprint density at radius 2 is 1.50 bits per heavy atom. The summed E-state index contributed by atoms with van der Waals surface area (Å²) in [5.74, 6) is -0.109. The minimum atomic E-state index is -0.835. The molecule has 3 rings (SSSR count). The van der Waals surface area contributed by atoms with Gasteiger partial charge in [-0.15, -0.1) is 0 Å². The lowest BCUT2D eigenvalue weighted by molar-refractivity contribution is -0.136. The molecule has 0 bridgehead atoms. The third-order valence-corrected chi connectivity index (χ3v) is 4.96. The summed E-state index contributed by atoms with van der Waals surface area (Å²) < 4.78 is 6.81. The van der Waals surface area contributed by atoms with E-state index in [2.05, 4.69) is 59.3 Å². The summed E-state index contributed by atoms with van der Waals surface area (Å²) in [6.45, 7) is 2.52. The lowest BCUT2D eigenvalue weighted by Gasteiger charge is -2.07. The smallest absolute Gasteiger partial charge is 0.307 e. The normalized spacial score (nSPS) is 11.3. The van der Waals surface area contributed by atoms with Crippen LogP contribution in [0.2, 0.25) is 0 Å². The number of aliphatic carboxylic acids is 1. The van der Waals surface area contributed by atoms with Crippen molar-refractivity contribution in [3.63, 3.8) is 0 Å². The van der Waals surface area contributed by atoms with Gasteiger partial charge in [0.05, 0.1) is 6.42 Å². The number of halogens is 1. The Hall–Kier alpha value is -2.85. The minimum absolute atomic E-state index is 0.0234. The largest absolute Gasteiger partial charge is 0.490 e. The molecule has 0 unspecified atom stereocenters. The van der Waals surface area contributed by atoms with Crippen LogP contribution in [0.5, 0.6) is 5.75 Å². The molecule has 0 saturated heterocycles. The summed E-state index contributed by atoms with van der Waals surface area (Å²) in [5, 5.41) is 8.80. The molecule has 0 amide bonds. The van der Waals surface area contributed by atoms with Crippen LogP contribution in [0, 0.1) is 0 Å². The summed E-state index contributed by atoms with van der Waals surface area (Å²) in [6, 6.07) is 23.9. The van der Waals surface area contributed by atoms with Crippen molar-refractivity contribution >= 4 is 27.5 Å². The summed E-state index contributed by atoms with van der Waals surface area (Å²) in [6.07, 6.45) is 2.06. The van der Waals surface area contributed by atoms with E-state index < -0.39 is 5.97 Å². The molecule has 0 aliphatic rings. The van der Waals surface area contributed by atoms with Crippen molar-refractivity contribution in [3.05, 3.63) is 94.5 Å². The molecule has 0 spiro atoms. The van der Waals surface area contributed by atoms with Crippen LogP contribution in [0.15, 0.2) is 83.3 Å². The Bertz CT molecular complexity index is 956. The highest BCUT2D eigenvalue weighted by Crippen LogP contribution is 2.24. The number of carboxylic acids is 1. The van der Waals surface area contributed by atoms with E-state index in [4.69, 9.17) is 9.84 Å². The van der Waals surface area contributed by atoms with Gasteiger partial charge >= 0.3 is 5.97 Å². The van der Waals surface area contributed by atoms with Gasteiger partial charge in [0.2, 0.25) is 0 Å². The molecular weight excluding hydrogens is 416 g/mol. The highest BCUT2D eigenvalue weighted by molar-refractivity contribution is 9.10. The monoisotopic (exact) mass is 436 g/mol. The quantitative estimate of drug-likeness (QED) is 0.477. The van der Waals surface area contributed by atoms with Gasteiger partial charge in [0.1, 0.15) is 12.4 Å². The van der Waals surface area contributed by atoms with Gasteiger partial charge in [-0.1, -0.05) is 64.5 Å². The number of benzene rings is 3.